The van der Waals surface area contributed by atoms with Crippen LogP contribution in [0.1, 0.15) is 25.8 Å². The highest BCUT2D eigenvalue weighted by Crippen LogP contribution is 2.15. The molecule has 1 saturated heterocycles. The molecule has 1 aromatic rings. The molecule has 0 bridgehead atoms. The molecule has 2 rings (SSSR count). The van der Waals surface area contributed by atoms with E-state index in [1.54, 1.807) is 0 Å². The van der Waals surface area contributed by atoms with Crippen LogP contribution in [0.4, 0.5) is 0 Å². The van der Waals surface area contributed by atoms with Crippen LogP contribution in [0.3, 0.4) is 0 Å². The number of carbonyl (C=O) groups is 1. The summed E-state index contributed by atoms with van der Waals surface area (Å²) in [5.74, 6) is 0.560. The van der Waals surface area contributed by atoms with Crippen LogP contribution in [0.15, 0.2) is 30.3 Å². The lowest BCUT2D eigenvalue weighted by Gasteiger charge is -2.21. The van der Waals surface area contributed by atoms with Crippen LogP contribution >= 0.6 is 0 Å². The Morgan fingerprint density at radius 1 is 1.38 bits per heavy atom. The van der Waals surface area contributed by atoms with E-state index < -0.39 is 6.04 Å². The molecule has 1 aliphatic rings. The quantitative estimate of drug-likeness (QED) is 0.869. The Balaban J connectivity index is 1.81. The Labute approximate surface area is 127 Å². The molecule has 0 aromatic heterocycles. The zero-order valence-electron chi connectivity index (χ0n) is 13.0. The summed E-state index contributed by atoms with van der Waals surface area (Å²) in [5.41, 5.74) is 7.17. The molecule has 4 heteroatoms. The second kappa shape index (κ2) is 7.57. The van der Waals surface area contributed by atoms with Crippen molar-refractivity contribution in [1.29, 1.82) is 0 Å². The smallest absolute Gasteiger partial charge is 0.239 e. The molecule has 2 N–H and O–H groups in total. The minimum atomic E-state index is -0.462. The first kappa shape index (κ1) is 16.0. The van der Waals surface area contributed by atoms with Crippen LogP contribution in [0.5, 0.6) is 0 Å². The molecule has 2 atom stereocenters. The normalized spacial score (nSPS) is 20.0. The average Bonchev–Trinajstić information content (AvgIpc) is 2.94. The van der Waals surface area contributed by atoms with Gasteiger partial charge in [-0.05, 0) is 24.3 Å². The lowest BCUT2D eigenvalue weighted by molar-refractivity contribution is -0.132. The van der Waals surface area contributed by atoms with E-state index in [1.807, 2.05) is 35.2 Å². The summed E-state index contributed by atoms with van der Waals surface area (Å²) in [5, 5.41) is 0. The molecule has 116 valence electrons. The van der Waals surface area contributed by atoms with Gasteiger partial charge in [-0.15, -0.1) is 0 Å². The molecule has 1 aromatic carbocycles. The van der Waals surface area contributed by atoms with Crippen molar-refractivity contribution < 1.29 is 9.53 Å². The monoisotopic (exact) mass is 290 g/mol. The van der Waals surface area contributed by atoms with Gasteiger partial charge in [0, 0.05) is 19.7 Å². The van der Waals surface area contributed by atoms with Crippen LogP contribution in [0.25, 0.3) is 0 Å². The van der Waals surface area contributed by atoms with Crippen molar-refractivity contribution in [1.82, 2.24) is 4.90 Å². The Kier molecular flexibility index (Phi) is 5.76. The highest BCUT2D eigenvalue weighted by atomic mass is 16.5. The van der Waals surface area contributed by atoms with Crippen LogP contribution in [0, 0.1) is 5.92 Å². The van der Waals surface area contributed by atoms with Crippen molar-refractivity contribution in [2.45, 2.75) is 38.8 Å². The molecular weight excluding hydrogens is 264 g/mol. The van der Waals surface area contributed by atoms with Gasteiger partial charge >= 0.3 is 0 Å². The van der Waals surface area contributed by atoms with Gasteiger partial charge in [-0.1, -0.05) is 44.2 Å². The van der Waals surface area contributed by atoms with Gasteiger partial charge in [0.1, 0.15) is 0 Å². The first-order valence-corrected chi connectivity index (χ1v) is 7.76. The molecule has 1 amide bonds. The van der Waals surface area contributed by atoms with Gasteiger partial charge in [-0.3, -0.25) is 4.79 Å². The van der Waals surface area contributed by atoms with Crippen LogP contribution < -0.4 is 5.73 Å². The molecule has 1 fully saturated rings. The predicted octanol–water partition coefficient (Wildman–Crippen LogP) is 1.83. The molecule has 0 saturated carbocycles. The SMILES string of the molecule is CC(C)CO[C@@H]1CCN(C(=O)[C@H](N)Cc2ccccc2)C1. The predicted molar refractivity (Wildman–Crippen MR) is 83.9 cm³/mol. The van der Waals surface area contributed by atoms with E-state index in [2.05, 4.69) is 13.8 Å². The molecule has 0 aliphatic carbocycles. The molecule has 4 nitrogen and oxygen atoms in total. The second-order valence-electron chi connectivity index (χ2n) is 6.22. The van der Waals surface area contributed by atoms with E-state index in [9.17, 15) is 4.79 Å². The molecular formula is C17H26N2O2. The summed E-state index contributed by atoms with van der Waals surface area (Å²) in [4.78, 5) is 14.2. The standard InChI is InChI=1S/C17H26N2O2/c1-13(2)12-21-15-8-9-19(11-15)17(20)16(18)10-14-6-4-3-5-7-14/h3-7,13,15-16H,8-12,18H2,1-2H3/t15-,16-/m1/s1. The zero-order chi connectivity index (χ0) is 15.2. The maximum Gasteiger partial charge on any atom is 0.239 e. The van der Waals surface area contributed by atoms with Crippen molar-refractivity contribution in [3.63, 3.8) is 0 Å². The minimum absolute atomic E-state index is 0.0366. The largest absolute Gasteiger partial charge is 0.376 e. The third kappa shape index (κ3) is 4.83. The number of carbonyl (C=O) groups excluding carboxylic acids is 1. The van der Waals surface area contributed by atoms with Crippen molar-refractivity contribution in [3.8, 4) is 0 Å². The molecule has 0 radical (unpaired) electrons. The van der Waals surface area contributed by atoms with Crippen LogP contribution in [-0.2, 0) is 16.0 Å². The fourth-order valence-electron chi connectivity index (χ4n) is 2.58. The summed E-state index contributed by atoms with van der Waals surface area (Å²) < 4.78 is 5.81. The lowest BCUT2D eigenvalue weighted by Crippen LogP contribution is -2.44. The van der Waals surface area contributed by atoms with Crippen LogP contribution in [-0.4, -0.2) is 42.6 Å². The van der Waals surface area contributed by atoms with E-state index >= 15 is 0 Å². The molecule has 0 unspecified atom stereocenters. The number of ether oxygens (including phenoxy) is 1. The highest BCUT2D eigenvalue weighted by molar-refractivity contribution is 5.82. The maximum absolute atomic E-state index is 12.4. The number of likely N-dealkylation sites (tertiary alicyclic amines) is 1. The Morgan fingerprint density at radius 3 is 2.76 bits per heavy atom. The third-order valence-electron chi connectivity index (χ3n) is 3.74. The summed E-state index contributed by atoms with van der Waals surface area (Å²) in [7, 11) is 0. The summed E-state index contributed by atoms with van der Waals surface area (Å²) in [6, 6.07) is 9.46. The van der Waals surface area contributed by atoms with Crippen molar-refractivity contribution in [3.05, 3.63) is 35.9 Å². The molecule has 1 heterocycles. The van der Waals surface area contributed by atoms with Crippen molar-refractivity contribution >= 4 is 5.91 Å². The van der Waals surface area contributed by atoms with Gasteiger partial charge in [-0.25, -0.2) is 0 Å². The second-order valence-corrected chi connectivity index (χ2v) is 6.22. The number of nitrogens with zero attached hydrogens (tertiary/aromatic N) is 1. The number of hydrogen-bond donors (Lipinski definition) is 1. The van der Waals surface area contributed by atoms with E-state index in [-0.39, 0.29) is 12.0 Å². The summed E-state index contributed by atoms with van der Waals surface area (Å²) in [6.45, 7) is 6.45. The van der Waals surface area contributed by atoms with Crippen molar-refractivity contribution in [2.24, 2.45) is 11.7 Å². The van der Waals surface area contributed by atoms with E-state index in [1.165, 1.54) is 0 Å². The molecule has 21 heavy (non-hydrogen) atoms. The first-order chi connectivity index (χ1) is 10.1. The average molecular weight is 290 g/mol. The Bertz CT molecular complexity index is 447. The van der Waals surface area contributed by atoms with Gasteiger partial charge in [-0.2, -0.15) is 0 Å². The Hall–Kier alpha value is -1.39. The minimum Gasteiger partial charge on any atom is -0.376 e. The fraction of sp³-hybridized carbons (Fsp3) is 0.588. The van der Waals surface area contributed by atoms with Gasteiger partial charge in [0.2, 0.25) is 5.91 Å². The van der Waals surface area contributed by atoms with Gasteiger partial charge in [0.25, 0.3) is 0 Å². The molecule has 0 spiro atoms. The first-order valence-electron chi connectivity index (χ1n) is 7.76. The fourth-order valence-corrected chi connectivity index (χ4v) is 2.58. The van der Waals surface area contributed by atoms with Gasteiger partial charge in [0.05, 0.1) is 12.1 Å². The topological polar surface area (TPSA) is 55.6 Å². The number of rotatable bonds is 6. The number of benzene rings is 1. The highest BCUT2D eigenvalue weighted by Gasteiger charge is 2.29. The Morgan fingerprint density at radius 2 is 2.10 bits per heavy atom. The summed E-state index contributed by atoms with van der Waals surface area (Å²) >= 11 is 0. The lowest BCUT2D eigenvalue weighted by atomic mass is 10.1. The zero-order valence-corrected chi connectivity index (χ0v) is 13.0. The van der Waals surface area contributed by atoms with E-state index in [0.29, 0.717) is 18.9 Å². The number of nitrogens with two attached hydrogens (primary N) is 1. The third-order valence-corrected chi connectivity index (χ3v) is 3.74. The summed E-state index contributed by atoms with van der Waals surface area (Å²) in [6.07, 6.45) is 1.67. The van der Waals surface area contributed by atoms with Gasteiger partial charge in [0.15, 0.2) is 0 Å². The van der Waals surface area contributed by atoms with Gasteiger partial charge < -0.3 is 15.4 Å². The van der Waals surface area contributed by atoms with E-state index in [0.717, 1.165) is 25.1 Å². The van der Waals surface area contributed by atoms with E-state index in [4.69, 9.17) is 10.5 Å². The van der Waals surface area contributed by atoms with Crippen molar-refractivity contribution in [2.75, 3.05) is 19.7 Å². The number of amides is 1. The molecule has 1 aliphatic heterocycles. The number of hydrogen-bond acceptors (Lipinski definition) is 3. The van der Waals surface area contributed by atoms with Crippen LogP contribution in [0.2, 0.25) is 0 Å². The maximum atomic E-state index is 12.4.